The first-order valence-corrected chi connectivity index (χ1v) is 13.0. The number of fused-ring (bicyclic) bond motifs is 1. The molecule has 6 heteroatoms. The number of rotatable bonds is 9. The lowest BCUT2D eigenvalue weighted by Crippen LogP contribution is -2.43. The molecule has 0 radical (unpaired) electrons. The molecule has 1 aliphatic rings. The van der Waals surface area contributed by atoms with Crippen LogP contribution >= 0.6 is 11.8 Å². The molecular weight excluding hydrogens is 458 g/mol. The standard InChI is InChI=1S/C29H33NO4S/c1-20-12-21(2)14-24(13-20)34-17-26-25-16-28(33-4)27(32-3)15-23(25)10-11-30(26)29(31)19-35-18-22-8-6-5-7-9-22/h5-9,12-16,26H,10-11,17-19H2,1-4H3. The monoisotopic (exact) mass is 491 g/mol. The predicted octanol–water partition coefficient (Wildman–Crippen LogP) is 5.76. The third-order valence-corrected chi connectivity index (χ3v) is 7.25. The van der Waals surface area contributed by atoms with E-state index in [0.717, 1.165) is 40.2 Å². The topological polar surface area (TPSA) is 48.0 Å². The van der Waals surface area contributed by atoms with Crippen LogP contribution in [0.4, 0.5) is 0 Å². The quantitative estimate of drug-likeness (QED) is 0.381. The van der Waals surface area contributed by atoms with Crippen molar-refractivity contribution in [2.24, 2.45) is 0 Å². The predicted molar refractivity (Wildman–Crippen MR) is 142 cm³/mol. The zero-order chi connectivity index (χ0) is 24.8. The van der Waals surface area contributed by atoms with Crippen LogP contribution in [0.3, 0.4) is 0 Å². The molecule has 1 unspecified atom stereocenters. The van der Waals surface area contributed by atoms with E-state index in [9.17, 15) is 4.79 Å². The Labute approximate surface area is 212 Å². The number of nitrogens with zero attached hydrogens (tertiary/aromatic N) is 1. The summed E-state index contributed by atoms with van der Waals surface area (Å²) in [6.45, 7) is 5.15. The van der Waals surface area contributed by atoms with Gasteiger partial charge in [0, 0.05) is 12.3 Å². The number of methoxy groups -OCH3 is 2. The van der Waals surface area contributed by atoms with Crippen molar-refractivity contribution in [2.45, 2.75) is 32.1 Å². The van der Waals surface area contributed by atoms with Gasteiger partial charge >= 0.3 is 0 Å². The van der Waals surface area contributed by atoms with Gasteiger partial charge in [0.2, 0.25) is 5.91 Å². The fourth-order valence-corrected chi connectivity index (χ4v) is 5.48. The summed E-state index contributed by atoms with van der Waals surface area (Å²) >= 11 is 1.65. The molecule has 1 amide bonds. The van der Waals surface area contributed by atoms with E-state index < -0.39 is 0 Å². The second kappa shape index (κ2) is 11.5. The number of benzene rings is 3. The van der Waals surface area contributed by atoms with Gasteiger partial charge in [0.05, 0.1) is 26.0 Å². The summed E-state index contributed by atoms with van der Waals surface area (Å²) in [7, 11) is 3.28. The van der Waals surface area contributed by atoms with E-state index in [1.807, 2.05) is 47.4 Å². The molecule has 0 saturated heterocycles. The summed E-state index contributed by atoms with van der Waals surface area (Å²) < 4.78 is 17.4. The van der Waals surface area contributed by atoms with Crippen LogP contribution in [0.15, 0.2) is 60.7 Å². The highest BCUT2D eigenvalue weighted by Crippen LogP contribution is 2.38. The van der Waals surface area contributed by atoms with E-state index in [0.29, 0.717) is 30.4 Å². The maximum absolute atomic E-state index is 13.4. The second-order valence-corrected chi connectivity index (χ2v) is 9.86. The molecule has 4 rings (SSSR count). The Kier molecular flexibility index (Phi) is 8.24. The van der Waals surface area contributed by atoms with E-state index in [2.05, 4.69) is 32.0 Å². The molecule has 1 atom stereocenters. The Morgan fingerprint density at radius 2 is 1.66 bits per heavy atom. The minimum Gasteiger partial charge on any atom is -0.493 e. The summed E-state index contributed by atoms with van der Waals surface area (Å²) in [6.07, 6.45) is 0.769. The number of thioether (sulfide) groups is 1. The molecule has 0 aliphatic carbocycles. The Bertz CT molecular complexity index is 1140. The summed E-state index contributed by atoms with van der Waals surface area (Å²) in [4.78, 5) is 15.4. The van der Waals surface area contributed by atoms with Crippen LogP contribution in [-0.4, -0.2) is 43.9 Å². The van der Waals surface area contributed by atoms with Crippen molar-refractivity contribution >= 4 is 17.7 Å². The Morgan fingerprint density at radius 3 is 2.34 bits per heavy atom. The molecule has 0 bridgehead atoms. The number of carbonyl (C=O) groups excluding carboxylic acids is 1. The van der Waals surface area contributed by atoms with Gasteiger partial charge in [-0.2, -0.15) is 0 Å². The van der Waals surface area contributed by atoms with Gasteiger partial charge in [0.15, 0.2) is 11.5 Å². The molecule has 3 aromatic carbocycles. The normalized spacial score (nSPS) is 14.9. The molecule has 0 N–H and O–H groups in total. The van der Waals surface area contributed by atoms with Gasteiger partial charge in [0.1, 0.15) is 12.4 Å². The first-order valence-electron chi connectivity index (χ1n) is 11.9. The van der Waals surface area contributed by atoms with E-state index in [1.54, 1.807) is 26.0 Å². The highest BCUT2D eigenvalue weighted by atomic mass is 32.2. The van der Waals surface area contributed by atoms with Crippen molar-refractivity contribution in [3.63, 3.8) is 0 Å². The van der Waals surface area contributed by atoms with Crippen molar-refractivity contribution in [3.8, 4) is 17.2 Å². The first kappa shape index (κ1) is 25.0. The van der Waals surface area contributed by atoms with Crippen LogP contribution in [0.2, 0.25) is 0 Å². The molecule has 0 aromatic heterocycles. The molecule has 184 valence electrons. The maximum Gasteiger partial charge on any atom is 0.233 e. The van der Waals surface area contributed by atoms with Gasteiger partial charge in [-0.05, 0) is 72.4 Å². The molecule has 35 heavy (non-hydrogen) atoms. The van der Waals surface area contributed by atoms with Gasteiger partial charge in [0.25, 0.3) is 0 Å². The lowest BCUT2D eigenvalue weighted by molar-refractivity contribution is -0.132. The zero-order valence-corrected chi connectivity index (χ0v) is 21.7. The van der Waals surface area contributed by atoms with Crippen molar-refractivity contribution in [1.29, 1.82) is 0 Å². The number of hydrogen-bond donors (Lipinski definition) is 0. The highest BCUT2D eigenvalue weighted by Gasteiger charge is 2.32. The summed E-state index contributed by atoms with van der Waals surface area (Å²) in [5.74, 6) is 3.55. The lowest BCUT2D eigenvalue weighted by Gasteiger charge is -2.37. The molecule has 1 heterocycles. The molecular formula is C29H33NO4S. The minimum atomic E-state index is -0.204. The third-order valence-electron chi connectivity index (χ3n) is 6.26. The summed E-state index contributed by atoms with van der Waals surface area (Å²) in [6, 6.07) is 20.3. The fourth-order valence-electron chi connectivity index (χ4n) is 4.61. The molecule has 1 aliphatic heterocycles. The molecule has 0 saturated carbocycles. The smallest absolute Gasteiger partial charge is 0.233 e. The van der Waals surface area contributed by atoms with Gasteiger partial charge in [-0.15, -0.1) is 11.8 Å². The van der Waals surface area contributed by atoms with Crippen LogP contribution in [0.1, 0.15) is 33.9 Å². The zero-order valence-electron chi connectivity index (χ0n) is 20.9. The van der Waals surface area contributed by atoms with Gasteiger partial charge in [-0.3, -0.25) is 4.79 Å². The number of hydrogen-bond acceptors (Lipinski definition) is 5. The molecule has 0 spiro atoms. The van der Waals surface area contributed by atoms with E-state index in [1.165, 1.54) is 5.56 Å². The highest BCUT2D eigenvalue weighted by molar-refractivity contribution is 7.99. The summed E-state index contributed by atoms with van der Waals surface area (Å²) in [5, 5.41) is 0. The third kappa shape index (κ3) is 6.12. The molecule has 3 aromatic rings. The van der Waals surface area contributed by atoms with Gasteiger partial charge < -0.3 is 19.1 Å². The number of aryl methyl sites for hydroxylation is 2. The SMILES string of the molecule is COc1cc2c(cc1OC)C(COc1cc(C)cc(C)c1)N(C(=O)CSCc1ccccc1)CC2. The average Bonchev–Trinajstić information content (AvgIpc) is 2.86. The van der Waals surface area contributed by atoms with E-state index >= 15 is 0 Å². The molecule has 0 fully saturated rings. The van der Waals surface area contributed by atoms with Crippen LogP contribution in [0.25, 0.3) is 0 Å². The van der Waals surface area contributed by atoms with Crippen LogP contribution in [0.5, 0.6) is 17.2 Å². The maximum atomic E-state index is 13.4. The summed E-state index contributed by atoms with van der Waals surface area (Å²) in [5.41, 5.74) is 5.75. The Morgan fingerprint density at radius 1 is 0.971 bits per heavy atom. The van der Waals surface area contributed by atoms with Crippen molar-refractivity contribution < 1.29 is 19.0 Å². The molecule has 5 nitrogen and oxygen atoms in total. The first-order chi connectivity index (χ1) is 17.0. The second-order valence-electron chi connectivity index (χ2n) is 8.87. The Hall–Kier alpha value is -3.12. The Balaban J connectivity index is 1.56. The van der Waals surface area contributed by atoms with Crippen LogP contribution in [0, 0.1) is 13.8 Å². The van der Waals surface area contributed by atoms with E-state index in [-0.39, 0.29) is 11.9 Å². The fraction of sp³-hybridized carbons (Fsp3) is 0.345. The number of carbonyl (C=O) groups is 1. The van der Waals surface area contributed by atoms with Crippen LogP contribution < -0.4 is 14.2 Å². The minimum absolute atomic E-state index is 0.125. The van der Waals surface area contributed by atoms with Gasteiger partial charge in [-0.25, -0.2) is 0 Å². The average molecular weight is 492 g/mol. The lowest BCUT2D eigenvalue weighted by atomic mass is 9.92. The van der Waals surface area contributed by atoms with E-state index in [4.69, 9.17) is 14.2 Å². The number of amides is 1. The largest absolute Gasteiger partial charge is 0.493 e. The van der Waals surface area contributed by atoms with Crippen molar-refractivity contribution in [3.05, 3.63) is 88.5 Å². The van der Waals surface area contributed by atoms with Gasteiger partial charge in [-0.1, -0.05) is 36.4 Å². The number of ether oxygens (including phenoxy) is 3. The van der Waals surface area contributed by atoms with Crippen molar-refractivity contribution in [2.75, 3.05) is 33.1 Å². The van der Waals surface area contributed by atoms with Crippen molar-refractivity contribution in [1.82, 2.24) is 4.90 Å². The van der Waals surface area contributed by atoms with Crippen LogP contribution in [-0.2, 0) is 17.0 Å².